The third-order valence-corrected chi connectivity index (χ3v) is 17.4. The molecule has 41 heteroatoms. The maximum atomic E-state index is 11.5. The molecule has 0 bridgehead atoms. The van der Waals surface area contributed by atoms with E-state index in [-0.39, 0.29) is 342 Å². The van der Waals surface area contributed by atoms with Crippen molar-refractivity contribution in [3.8, 4) is 0 Å². The molecule has 0 aliphatic carbocycles. The van der Waals surface area contributed by atoms with Gasteiger partial charge in [0.05, 0.1) is 0 Å². The van der Waals surface area contributed by atoms with Crippen LogP contribution in [0.5, 0.6) is 0 Å². The van der Waals surface area contributed by atoms with Crippen LogP contribution in [0.15, 0.2) is 118 Å². The topological polar surface area (TPSA) is 475 Å². The molecule has 0 fully saturated rings. The van der Waals surface area contributed by atoms with Crippen LogP contribution in [0.1, 0.15) is 259 Å². The molecule has 10 N–H and O–H groups in total. The summed E-state index contributed by atoms with van der Waals surface area (Å²) in [6.07, 6.45) is 12.6. The van der Waals surface area contributed by atoms with Gasteiger partial charge in [0.1, 0.15) is 125 Å². The van der Waals surface area contributed by atoms with Gasteiger partial charge in [0, 0.05) is 382 Å². The first kappa shape index (κ1) is 183. The van der Waals surface area contributed by atoms with Crippen LogP contribution >= 0.6 is 0 Å². The molecule has 0 saturated carbocycles. The minimum atomic E-state index is -0.536. The predicted molar refractivity (Wildman–Crippen MR) is 500 cm³/mol. The Balaban J connectivity index is -0.0000000612. The Morgan fingerprint density at radius 3 is 0.591 bits per heavy atom. The number of ketones is 10. The molecule has 11 unspecified atom stereocenters. The summed E-state index contributed by atoms with van der Waals surface area (Å²) in [6, 6.07) is 0. The largest absolute Gasteiger partial charge is 0.509 e. The zero-order chi connectivity index (χ0) is 102. The van der Waals surface area contributed by atoms with Crippen molar-refractivity contribution in [2.24, 2.45) is 34.0 Å². The van der Waals surface area contributed by atoms with Crippen molar-refractivity contribution < 1.29 is 342 Å². The quantitative estimate of drug-likeness (QED) is 0.0154. The summed E-state index contributed by atoms with van der Waals surface area (Å²) in [5.41, 5.74) is -1.37. The molecule has 0 spiro atoms. The van der Waals surface area contributed by atoms with E-state index >= 15 is 0 Å². The molecule has 0 radical (unpaired) electrons. The maximum Gasteiger partial charge on any atom is 0.187 e. The van der Waals surface area contributed by atoms with Crippen molar-refractivity contribution in [1.82, 2.24) is 0 Å². The molecule has 0 aromatic rings. The number of hydrogen-bond donors (Lipinski definition) is 10. The molecule has 11 atom stereocenters. The van der Waals surface area contributed by atoms with E-state index in [2.05, 4.69) is 0 Å². The Kier molecular flexibility index (Phi) is 144. The number of methoxy groups -OCH3 is 10. The van der Waals surface area contributed by atoms with Crippen LogP contribution in [-0.2, 0) is 291 Å². The Hall–Kier alpha value is -2.34. The number of allylic oxidation sites excluding steroid dienone is 9. The summed E-state index contributed by atoms with van der Waals surface area (Å²) in [7, 11) is 14.8. The van der Waals surface area contributed by atoms with E-state index in [4.69, 9.17) is 57.2 Å². The second-order valence-corrected chi connectivity index (χ2v) is 32.5. The van der Waals surface area contributed by atoms with Crippen molar-refractivity contribution in [2.45, 2.75) is 326 Å². The van der Waals surface area contributed by atoms with Gasteiger partial charge in [0.25, 0.3) is 0 Å². The maximum absolute atomic E-state index is 11.5. The molecule has 0 saturated heterocycles. The molecular weight excluding hydrogens is 2420 g/mol. The standard InChI is InChI=1S/2C11H20O3.3C10H18O3.C9H16O4.3C9H16O3.C8H14O3.8Cr.2Hf/c2*1-6-9(14-5)8(12)7-10(13)11(2,3)4;1-7(13-5)8(11)6-9(12)10(2,3)4;1-5-10(13-4)9(12)6-8(11)7(2)3;1-5-13-8(4)10(12)6-9(11)7(2)3;1-6(12-3)8(10)5-9(11)7(2)13-4;1-6(2)8(10)5-9(11)7(3)12-4;2*1-4-5-8(10)6-9(11)7(2)12-3;1-4-7(9)5-8(10)6(2)11-3;;;;;;;;;;/h2*7,9,12H,6H2,1-5H3;6-7,11H,1-5H3;6-7,10,12H,5H2,1-4H3;6-8,12H,5H2,1-4H3;5-7,10H,1-4H3;5-7,11H,1-4H3;2*6-7,11H,4-5H2,1-3H3;5-6,10H,4H2,1-3H3;;;;;;;;;;. The first-order valence-corrected chi connectivity index (χ1v) is 42.6. The predicted octanol–water partition coefficient (Wildman–Crippen LogP) is 19.0. The minimum Gasteiger partial charge on any atom is -0.509 e. The summed E-state index contributed by atoms with van der Waals surface area (Å²) in [4.78, 5) is 112. The SMILES string of the molecule is CCC(=O)C=C(O)C(C)OC.CCC(OC)C(O)=CC(=O)C(C)(C)C.CCC(OC)C(O)=CC(=O)C(C)(C)C.CCC(OC)C(O)=CC(=O)C(C)C.CCCC(=O)C=C(O)C(C)OC.CCCC(=O)C=C(O)C(C)OC.CCOC(C)C(O)=CC(=O)C(C)C.COC(C)C(=O)C=C(O)C(C)OC.COC(C)C(O)=CC(=O)C(C)(C)C.COC(C)C(O)=CC(=O)C(C)C.[Cr].[Cr].[Cr].[Cr].[Cr].[Cr].[Cr].[Cr].[Hf].[Hf]. The Labute approximate surface area is 946 Å². The average molecular weight is 2600 g/mol. The third-order valence-electron chi connectivity index (χ3n) is 17.4. The van der Waals surface area contributed by atoms with Gasteiger partial charge in [-0.3, -0.25) is 47.9 Å². The normalized spacial score (nSPS) is 14.0. The Morgan fingerprint density at radius 1 is 0.241 bits per heavy atom. The van der Waals surface area contributed by atoms with Crippen LogP contribution in [0.25, 0.3) is 0 Å². The van der Waals surface area contributed by atoms with Crippen molar-refractivity contribution in [3.05, 3.63) is 118 Å². The average Bonchev–Trinajstić information content (AvgIpc) is 0.884. The van der Waals surface area contributed by atoms with Crippen LogP contribution in [-0.4, -0.2) is 254 Å². The number of aliphatic hydroxyl groups excluding tert-OH is 10. The molecule has 31 nitrogen and oxygen atoms in total. The van der Waals surface area contributed by atoms with Gasteiger partial charge in [-0.25, -0.2) is 0 Å². The van der Waals surface area contributed by atoms with Crippen molar-refractivity contribution in [2.75, 3.05) is 77.7 Å². The minimum absolute atomic E-state index is 0. The zero-order valence-electron chi connectivity index (χ0n) is 89.0. The van der Waals surface area contributed by atoms with Gasteiger partial charge < -0.3 is 103 Å². The second kappa shape index (κ2) is 108. The van der Waals surface area contributed by atoms with Gasteiger partial charge in [-0.15, -0.1) is 0 Å². The monoisotopic (exact) mass is 2600 g/mol. The fourth-order valence-electron chi connectivity index (χ4n) is 7.25. The van der Waals surface area contributed by atoms with Crippen LogP contribution in [0, 0.1) is 34.0 Å². The Morgan fingerprint density at radius 2 is 0.416 bits per heavy atom. The van der Waals surface area contributed by atoms with E-state index in [1.807, 2.05) is 83.1 Å². The van der Waals surface area contributed by atoms with E-state index in [1.54, 1.807) is 125 Å². The Bertz CT molecular complexity index is 3350. The fraction of sp³-hybridized carbons (Fsp3) is 0.688. The van der Waals surface area contributed by atoms with Gasteiger partial charge in [0.15, 0.2) is 57.8 Å². The molecule has 0 aliphatic heterocycles. The second-order valence-electron chi connectivity index (χ2n) is 32.5. The molecule has 0 heterocycles. The summed E-state index contributed by atoms with van der Waals surface area (Å²) in [5, 5.41) is 93.4. The van der Waals surface area contributed by atoms with E-state index in [1.165, 1.54) is 126 Å². The summed E-state index contributed by atoms with van der Waals surface area (Å²) < 4.78 is 53.8. The van der Waals surface area contributed by atoms with E-state index in [0.717, 1.165) is 18.9 Å². The van der Waals surface area contributed by atoms with Crippen LogP contribution in [0.2, 0.25) is 0 Å². The molecular formula is C96H172Cr8Hf2O31. The van der Waals surface area contributed by atoms with Crippen molar-refractivity contribution in [1.29, 1.82) is 0 Å². The van der Waals surface area contributed by atoms with Crippen molar-refractivity contribution in [3.63, 3.8) is 0 Å². The zero-order valence-corrected chi connectivity index (χ0v) is 106. The molecule has 0 aliphatic rings. The van der Waals surface area contributed by atoms with Gasteiger partial charge in [-0.2, -0.15) is 0 Å². The van der Waals surface area contributed by atoms with E-state index in [0.29, 0.717) is 45.1 Å². The van der Waals surface area contributed by atoms with Gasteiger partial charge in [0.2, 0.25) is 0 Å². The molecule has 0 aromatic carbocycles. The van der Waals surface area contributed by atoms with E-state index < -0.39 is 65.1 Å². The number of ether oxygens (including phenoxy) is 11. The van der Waals surface area contributed by atoms with Crippen molar-refractivity contribution >= 4 is 57.8 Å². The fourth-order valence-corrected chi connectivity index (χ4v) is 7.25. The summed E-state index contributed by atoms with van der Waals surface area (Å²) >= 11 is 0. The third kappa shape index (κ3) is 105. The summed E-state index contributed by atoms with van der Waals surface area (Å²) in [5.74, 6) is -1.38. The molecule has 137 heavy (non-hydrogen) atoms. The van der Waals surface area contributed by atoms with Gasteiger partial charge in [-0.05, 0) is 94.4 Å². The van der Waals surface area contributed by atoms with Crippen LogP contribution in [0.4, 0.5) is 0 Å². The number of hydrogen-bond acceptors (Lipinski definition) is 31. The van der Waals surface area contributed by atoms with Gasteiger partial charge >= 0.3 is 0 Å². The van der Waals surface area contributed by atoms with Crippen LogP contribution in [0.3, 0.4) is 0 Å². The first-order chi connectivity index (χ1) is 58.3. The van der Waals surface area contributed by atoms with Gasteiger partial charge in [-0.1, -0.05) is 145 Å². The number of aliphatic hydroxyl groups is 10. The smallest absolute Gasteiger partial charge is 0.187 e. The molecule has 798 valence electrons. The van der Waals surface area contributed by atoms with Crippen LogP contribution < -0.4 is 0 Å². The summed E-state index contributed by atoms with van der Waals surface area (Å²) in [6.45, 7) is 54.0. The molecule has 0 rings (SSSR count). The first-order valence-electron chi connectivity index (χ1n) is 42.6. The van der Waals surface area contributed by atoms with E-state index in [9.17, 15) is 93.9 Å². The number of carbonyl (C=O) groups is 10. The number of rotatable bonds is 44. The molecule has 0 aromatic heterocycles. The molecule has 0 amide bonds. The number of carbonyl (C=O) groups excluding carboxylic acids is 10.